The Balaban J connectivity index is 2.07. The molecule has 138 valence electrons. The standard InChI is InChI=1S/C20H29FN2O2/c1-16(2)11-22(14-20(24)15-25-3)13-19-8-5-9-23(19)12-17-6-4-7-18(21)10-17/h4-10,16,20,24H,11-15H2,1-3H3/t20-/m0/s1. The van der Waals surface area contributed by atoms with Gasteiger partial charge in [-0.1, -0.05) is 26.0 Å². The molecule has 2 rings (SSSR count). The minimum absolute atomic E-state index is 0.213. The summed E-state index contributed by atoms with van der Waals surface area (Å²) >= 11 is 0. The van der Waals surface area contributed by atoms with Gasteiger partial charge in [0.1, 0.15) is 5.82 Å². The molecule has 5 heteroatoms. The largest absolute Gasteiger partial charge is 0.389 e. The number of aliphatic hydroxyl groups is 1. The number of benzene rings is 1. The van der Waals surface area contributed by atoms with E-state index in [0.717, 1.165) is 24.3 Å². The van der Waals surface area contributed by atoms with Gasteiger partial charge in [0, 0.05) is 45.2 Å². The van der Waals surface area contributed by atoms with E-state index < -0.39 is 6.10 Å². The maximum absolute atomic E-state index is 13.4. The molecule has 0 aliphatic rings. The zero-order chi connectivity index (χ0) is 18.2. The van der Waals surface area contributed by atoms with Gasteiger partial charge in [-0.25, -0.2) is 4.39 Å². The highest BCUT2D eigenvalue weighted by molar-refractivity contribution is 5.18. The second-order valence-electron chi connectivity index (χ2n) is 6.95. The van der Waals surface area contributed by atoms with Crippen molar-refractivity contribution < 1.29 is 14.2 Å². The summed E-state index contributed by atoms with van der Waals surface area (Å²) in [4.78, 5) is 2.24. The molecule has 0 spiro atoms. The van der Waals surface area contributed by atoms with Crippen LogP contribution in [0.4, 0.5) is 4.39 Å². The van der Waals surface area contributed by atoms with E-state index in [9.17, 15) is 9.50 Å². The van der Waals surface area contributed by atoms with Crippen LogP contribution in [0, 0.1) is 11.7 Å². The summed E-state index contributed by atoms with van der Waals surface area (Å²) in [6, 6.07) is 10.8. The molecule has 1 aromatic carbocycles. The molecule has 1 heterocycles. The molecule has 0 aliphatic heterocycles. The summed E-state index contributed by atoms with van der Waals surface area (Å²) in [6.45, 7) is 7.50. The Labute approximate surface area is 149 Å². The van der Waals surface area contributed by atoms with E-state index in [1.54, 1.807) is 19.2 Å². The predicted octanol–water partition coefficient (Wildman–Crippen LogP) is 3.14. The van der Waals surface area contributed by atoms with Crippen LogP contribution in [0.1, 0.15) is 25.1 Å². The molecule has 0 aliphatic carbocycles. The van der Waals surface area contributed by atoms with E-state index in [-0.39, 0.29) is 5.82 Å². The topological polar surface area (TPSA) is 37.6 Å². The highest BCUT2D eigenvalue weighted by Crippen LogP contribution is 2.13. The van der Waals surface area contributed by atoms with E-state index in [2.05, 4.69) is 29.4 Å². The average molecular weight is 348 g/mol. The van der Waals surface area contributed by atoms with Gasteiger partial charge in [0.25, 0.3) is 0 Å². The number of aliphatic hydroxyl groups excluding tert-OH is 1. The molecule has 4 nitrogen and oxygen atoms in total. The molecule has 0 saturated heterocycles. The normalized spacial score (nSPS) is 12.9. The Morgan fingerprint density at radius 3 is 2.68 bits per heavy atom. The fourth-order valence-corrected chi connectivity index (χ4v) is 3.07. The molecule has 0 bridgehead atoms. The van der Waals surface area contributed by atoms with Crippen molar-refractivity contribution in [2.75, 3.05) is 26.8 Å². The van der Waals surface area contributed by atoms with Crippen LogP contribution in [0.3, 0.4) is 0 Å². The van der Waals surface area contributed by atoms with Crippen LogP contribution in [0.15, 0.2) is 42.6 Å². The highest BCUT2D eigenvalue weighted by atomic mass is 19.1. The summed E-state index contributed by atoms with van der Waals surface area (Å²) in [5.74, 6) is 0.289. The van der Waals surface area contributed by atoms with Gasteiger partial charge >= 0.3 is 0 Å². The van der Waals surface area contributed by atoms with E-state index in [1.807, 2.05) is 18.3 Å². The smallest absolute Gasteiger partial charge is 0.123 e. The molecule has 1 aromatic heterocycles. The Morgan fingerprint density at radius 1 is 1.20 bits per heavy atom. The Bertz CT molecular complexity index is 642. The number of ether oxygens (including phenoxy) is 1. The molecule has 0 radical (unpaired) electrons. The van der Waals surface area contributed by atoms with Crippen molar-refractivity contribution >= 4 is 0 Å². The minimum Gasteiger partial charge on any atom is -0.389 e. The van der Waals surface area contributed by atoms with Crippen LogP contribution < -0.4 is 0 Å². The molecule has 0 amide bonds. The highest BCUT2D eigenvalue weighted by Gasteiger charge is 2.15. The minimum atomic E-state index is -0.504. The lowest BCUT2D eigenvalue weighted by Crippen LogP contribution is -2.37. The molecule has 0 unspecified atom stereocenters. The van der Waals surface area contributed by atoms with Gasteiger partial charge in [-0.15, -0.1) is 0 Å². The number of rotatable bonds is 10. The zero-order valence-electron chi connectivity index (χ0n) is 15.4. The van der Waals surface area contributed by atoms with Gasteiger partial charge in [-0.3, -0.25) is 4.90 Å². The predicted molar refractivity (Wildman–Crippen MR) is 97.9 cm³/mol. The third-order valence-electron chi connectivity index (χ3n) is 4.00. The Morgan fingerprint density at radius 2 is 2.00 bits per heavy atom. The number of hydrogen-bond acceptors (Lipinski definition) is 3. The fourth-order valence-electron chi connectivity index (χ4n) is 3.07. The van der Waals surface area contributed by atoms with Crippen molar-refractivity contribution in [2.45, 2.75) is 33.0 Å². The fraction of sp³-hybridized carbons (Fsp3) is 0.500. The number of methoxy groups -OCH3 is 1. The number of hydrogen-bond donors (Lipinski definition) is 1. The first kappa shape index (κ1) is 19.6. The monoisotopic (exact) mass is 348 g/mol. The van der Waals surface area contributed by atoms with Crippen LogP contribution in [0.2, 0.25) is 0 Å². The summed E-state index contributed by atoms with van der Waals surface area (Å²) in [5, 5.41) is 10.1. The van der Waals surface area contributed by atoms with E-state index in [4.69, 9.17) is 4.74 Å². The second-order valence-corrected chi connectivity index (χ2v) is 6.95. The maximum atomic E-state index is 13.4. The van der Waals surface area contributed by atoms with E-state index >= 15 is 0 Å². The number of halogens is 1. The van der Waals surface area contributed by atoms with Crippen molar-refractivity contribution in [3.05, 3.63) is 59.7 Å². The van der Waals surface area contributed by atoms with Gasteiger partial charge in [0.15, 0.2) is 0 Å². The molecular formula is C20H29FN2O2. The zero-order valence-corrected chi connectivity index (χ0v) is 15.4. The first-order chi connectivity index (χ1) is 12.0. The van der Waals surface area contributed by atoms with Gasteiger partial charge in [-0.05, 0) is 35.7 Å². The van der Waals surface area contributed by atoms with Gasteiger partial charge < -0.3 is 14.4 Å². The Hall–Kier alpha value is -1.69. The summed E-state index contributed by atoms with van der Waals surface area (Å²) in [7, 11) is 1.60. The molecule has 1 N–H and O–H groups in total. The number of nitrogens with zero attached hydrogens (tertiary/aromatic N) is 2. The van der Waals surface area contributed by atoms with Crippen molar-refractivity contribution in [2.24, 2.45) is 5.92 Å². The lowest BCUT2D eigenvalue weighted by molar-refractivity contribution is 0.0326. The molecule has 2 aromatic rings. The van der Waals surface area contributed by atoms with Gasteiger partial charge in [-0.2, -0.15) is 0 Å². The lowest BCUT2D eigenvalue weighted by Gasteiger charge is -2.27. The molecule has 1 atom stereocenters. The van der Waals surface area contributed by atoms with Crippen LogP contribution >= 0.6 is 0 Å². The van der Waals surface area contributed by atoms with Gasteiger partial charge in [0.05, 0.1) is 12.7 Å². The Kier molecular flexibility index (Phi) is 7.62. The molecule has 0 saturated carbocycles. The number of aromatic nitrogens is 1. The van der Waals surface area contributed by atoms with Crippen LogP contribution in [0.25, 0.3) is 0 Å². The van der Waals surface area contributed by atoms with E-state index in [0.29, 0.717) is 25.6 Å². The van der Waals surface area contributed by atoms with Crippen molar-refractivity contribution in [3.8, 4) is 0 Å². The van der Waals surface area contributed by atoms with Crippen LogP contribution in [0.5, 0.6) is 0 Å². The SMILES string of the molecule is COC[C@@H](O)CN(Cc1cccn1Cc1cccc(F)c1)CC(C)C. The lowest BCUT2D eigenvalue weighted by atomic mass is 10.2. The first-order valence-corrected chi connectivity index (χ1v) is 8.75. The third kappa shape index (κ3) is 6.61. The van der Waals surface area contributed by atoms with Gasteiger partial charge in [0.2, 0.25) is 0 Å². The first-order valence-electron chi connectivity index (χ1n) is 8.75. The average Bonchev–Trinajstić information content (AvgIpc) is 2.93. The second kappa shape index (κ2) is 9.70. The van der Waals surface area contributed by atoms with Crippen molar-refractivity contribution in [3.63, 3.8) is 0 Å². The van der Waals surface area contributed by atoms with E-state index in [1.165, 1.54) is 6.07 Å². The summed E-state index contributed by atoms with van der Waals surface area (Å²) in [5.41, 5.74) is 2.09. The van der Waals surface area contributed by atoms with Crippen LogP contribution in [-0.4, -0.2) is 47.5 Å². The van der Waals surface area contributed by atoms with Crippen LogP contribution in [-0.2, 0) is 17.8 Å². The quantitative estimate of drug-likeness (QED) is 0.717. The molecule has 25 heavy (non-hydrogen) atoms. The molecule has 0 fully saturated rings. The molecular weight excluding hydrogens is 319 g/mol. The maximum Gasteiger partial charge on any atom is 0.123 e. The summed E-state index contributed by atoms with van der Waals surface area (Å²) in [6.07, 6.45) is 1.51. The third-order valence-corrected chi connectivity index (χ3v) is 4.00. The van der Waals surface area contributed by atoms with Crippen molar-refractivity contribution in [1.82, 2.24) is 9.47 Å². The summed E-state index contributed by atoms with van der Waals surface area (Å²) < 4.78 is 20.6. The van der Waals surface area contributed by atoms with Crippen molar-refractivity contribution in [1.29, 1.82) is 0 Å².